The van der Waals surface area contributed by atoms with Crippen LogP contribution in [0.1, 0.15) is 24.2 Å². The number of hydrogen-bond donors (Lipinski definition) is 1. The van der Waals surface area contributed by atoms with Gasteiger partial charge in [0.2, 0.25) is 10.0 Å². The predicted octanol–water partition coefficient (Wildman–Crippen LogP) is 4.24. The summed E-state index contributed by atoms with van der Waals surface area (Å²) in [6.45, 7) is 4.32. The Morgan fingerprint density at radius 2 is 1.83 bits per heavy atom. The molecule has 1 heterocycles. The summed E-state index contributed by atoms with van der Waals surface area (Å²) in [4.78, 5) is 17.1. The molecule has 0 unspecified atom stereocenters. The minimum Gasteiger partial charge on any atom is -0.494 e. The number of thiazole rings is 1. The van der Waals surface area contributed by atoms with Crippen molar-refractivity contribution in [3.05, 3.63) is 47.0 Å². The number of nitrogens with zero attached hydrogens (tertiary/aromatic N) is 2. The molecule has 3 rings (SSSR count). The fourth-order valence-corrected chi connectivity index (χ4v) is 5.44. The van der Waals surface area contributed by atoms with E-state index in [9.17, 15) is 13.2 Å². The summed E-state index contributed by atoms with van der Waals surface area (Å²) < 4.78 is 32.5. The first-order chi connectivity index (χ1) is 13.8. The third-order valence-electron chi connectivity index (χ3n) is 4.36. The number of fused-ring (bicyclic) bond motifs is 1. The van der Waals surface area contributed by atoms with Crippen LogP contribution in [-0.2, 0) is 10.0 Å². The summed E-state index contributed by atoms with van der Waals surface area (Å²) in [6, 6.07) is 9.24. The Labute approximate surface area is 178 Å². The maximum atomic E-state index is 12.6. The van der Waals surface area contributed by atoms with Crippen LogP contribution >= 0.6 is 22.9 Å². The average Bonchev–Trinajstić information content (AvgIpc) is 3.13. The van der Waals surface area contributed by atoms with E-state index < -0.39 is 15.9 Å². The van der Waals surface area contributed by atoms with Gasteiger partial charge in [0.05, 0.1) is 21.7 Å². The zero-order valence-electron chi connectivity index (χ0n) is 16.1. The topological polar surface area (TPSA) is 88.6 Å². The van der Waals surface area contributed by atoms with E-state index in [0.29, 0.717) is 44.8 Å². The third-order valence-corrected chi connectivity index (χ3v) is 7.85. The molecule has 1 aromatic heterocycles. The SMILES string of the molecule is CCN(CC)S(=O)(=O)c1ccc(C(=O)Nc2nc3c(OC)ccc(Cl)c3s2)cc1. The number of halogens is 1. The molecule has 0 bridgehead atoms. The highest BCUT2D eigenvalue weighted by Crippen LogP contribution is 2.37. The van der Waals surface area contributed by atoms with E-state index in [-0.39, 0.29) is 4.90 Å². The number of anilines is 1. The molecule has 0 saturated carbocycles. The molecule has 154 valence electrons. The number of amides is 1. The van der Waals surface area contributed by atoms with Gasteiger partial charge >= 0.3 is 0 Å². The van der Waals surface area contributed by atoms with Crippen molar-refractivity contribution in [2.45, 2.75) is 18.7 Å². The number of rotatable bonds is 7. The molecule has 3 aromatic rings. The number of ether oxygens (including phenoxy) is 1. The highest BCUT2D eigenvalue weighted by molar-refractivity contribution is 7.89. The summed E-state index contributed by atoms with van der Waals surface area (Å²) in [6.07, 6.45) is 0. The van der Waals surface area contributed by atoms with Crippen molar-refractivity contribution < 1.29 is 17.9 Å². The lowest BCUT2D eigenvalue weighted by molar-refractivity contribution is 0.102. The van der Waals surface area contributed by atoms with Crippen LogP contribution in [0.5, 0.6) is 5.75 Å². The van der Waals surface area contributed by atoms with Crippen molar-refractivity contribution in [1.82, 2.24) is 9.29 Å². The summed E-state index contributed by atoms with van der Waals surface area (Å²) in [5, 5.41) is 3.61. The van der Waals surface area contributed by atoms with E-state index in [1.807, 2.05) is 0 Å². The first kappa shape index (κ1) is 21.5. The van der Waals surface area contributed by atoms with Crippen LogP contribution in [0.4, 0.5) is 5.13 Å². The van der Waals surface area contributed by atoms with Crippen LogP contribution in [0.15, 0.2) is 41.3 Å². The summed E-state index contributed by atoms with van der Waals surface area (Å²) in [7, 11) is -2.03. The van der Waals surface area contributed by atoms with Crippen LogP contribution in [0.2, 0.25) is 5.02 Å². The average molecular weight is 454 g/mol. The molecule has 7 nitrogen and oxygen atoms in total. The fraction of sp³-hybridized carbons (Fsp3) is 0.263. The van der Waals surface area contributed by atoms with E-state index >= 15 is 0 Å². The predicted molar refractivity (Wildman–Crippen MR) is 116 cm³/mol. The van der Waals surface area contributed by atoms with Gasteiger partial charge in [0.1, 0.15) is 11.3 Å². The monoisotopic (exact) mass is 453 g/mol. The fourth-order valence-electron chi connectivity index (χ4n) is 2.83. The summed E-state index contributed by atoms with van der Waals surface area (Å²) in [5.41, 5.74) is 0.891. The number of benzene rings is 2. The van der Waals surface area contributed by atoms with Gasteiger partial charge < -0.3 is 4.74 Å². The van der Waals surface area contributed by atoms with E-state index in [1.54, 1.807) is 26.0 Å². The quantitative estimate of drug-likeness (QED) is 0.578. The number of carbonyl (C=O) groups is 1. The van der Waals surface area contributed by atoms with Gasteiger partial charge in [-0.3, -0.25) is 10.1 Å². The van der Waals surface area contributed by atoms with Gasteiger partial charge in [-0.2, -0.15) is 4.31 Å². The molecular formula is C19H20ClN3O4S2. The normalized spacial score (nSPS) is 11.8. The number of aromatic nitrogens is 1. The Kier molecular flexibility index (Phi) is 6.42. The molecule has 0 spiro atoms. The van der Waals surface area contributed by atoms with Crippen LogP contribution in [0.25, 0.3) is 10.2 Å². The Bertz CT molecular complexity index is 1140. The smallest absolute Gasteiger partial charge is 0.257 e. The van der Waals surface area contributed by atoms with Crippen molar-refractivity contribution in [2.24, 2.45) is 0 Å². The molecule has 1 amide bonds. The standard InChI is InChI=1S/C19H20ClN3O4S2/c1-4-23(5-2)29(25,26)13-8-6-12(7-9-13)18(24)22-19-21-16-15(27-3)11-10-14(20)17(16)28-19/h6-11H,4-5H2,1-3H3,(H,21,22,24). The second-order valence-electron chi connectivity index (χ2n) is 6.01. The van der Waals surface area contributed by atoms with Crippen LogP contribution in [0, 0.1) is 0 Å². The van der Waals surface area contributed by atoms with Crippen LogP contribution in [-0.4, -0.2) is 43.8 Å². The second kappa shape index (κ2) is 8.66. The molecular weight excluding hydrogens is 434 g/mol. The minimum atomic E-state index is -3.57. The minimum absolute atomic E-state index is 0.147. The maximum Gasteiger partial charge on any atom is 0.257 e. The van der Waals surface area contributed by atoms with Gasteiger partial charge in [0.15, 0.2) is 5.13 Å². The van der Waals surface area contributed by atoms with Crippen molar-refractivity contribution >= 4 is 54.2 Å². The van der Waals surface area contributed by atoms with Gasteiger partial charge in [0.25, 0.3) is 5.91 Å². The van der Waals surface area contributed by atoms with Crippen molar-refractivity contribution in [2.75, 3.05) is 25.5 Å². The van der Waals surface area contributed by atoms with E-state index in [1.165, 1.54) is 47.0 Å². The van der Waals surface area contributed by atoms with Gasteiger partial charge in [-0.25, -0.2) is 13.4 Å². The highest BCUT2D eigenvalue weighted by atomic mass is 35.5. The van der Waals surface area contributed by atoms with Crippen LogP contribution in [0.3, 0.4) is 0 Å². The molecule has 0 saturated heterocycles. The molecule has 0 atom stereocenters. The Morgan fingerprint density at radius 3 is 2.41 bits per heavy atom. The first-order valence-corrected chi connectivity index (χ1v) is 11.5. The largest absolute Gasteiger partial charge is 0.494 e. The molecule has 10 heteroatoms. The van der Waals surface area contributed by atoms with Gasteiger partial charge in [-0.15, -0.1) is 0 Å². The molecule has 1 N–H and O–H groups in total. The molecule has 29 heavy (non-hydrogen) atoms. The molecule has 0 aliphatic rings. The lowest BCUT2D eigenvalue weighted by Crippen LogP contribution is -2.30. The van der Waals surface area contributed by atoms with Crippen molar-refractivity contribution in [3.63, 3.8) is 0 Å². The van der Waals surface area contributed by atoms with Gasteiger partial charge in [-0.05, 0) is 36.4 Å². The van der Waals surface area contributed by atoms with Gasteiger partial charge in [0, 0.05) is 18.7 Å². The third kappa shape index (κ3) is 4.23. The number of nitrogens with one attached hydrogen (secondary N) is 1. The summed E-state index contributed by atoms with van der Waals surface area (Å²) >= 11 is 7.44. The van der Waals surface area contributed by atoms with E-state index in [0.717, 1.165) is 0 Å². The lowest BCUT2D eigenvalue weighted by atomic mass is 10.2. The molecule has 0 fully saturated rings. The lowest BCUT2D eigenvalue weighted by Gasteiger charge is -2.18. The highest BCUT2D eigenvalue weighted by Gasteiger charge is 2.22. The zero-order chi connectivity index (χ0) is 21.2. The van der Waals surface area contributed by atoms with Gasteiger partial charge in [-0.1, -0.05) is 36.8 Å². The second-order valence-corrected chi connectivity index (χ2v) is 9.36. The number of hydrogen-bond acceptors (Lipinski definition) is 6. The Hall–Kier alpha value is -2.20. The Balaban J connectivity index is 1.83. The number of methoxy groups -OCH3 is 1. The van der Waals surface area contributed by atoms with E-state index in [4.69, 9.17) is 16.3 Å². The van der Waals surface area contributed by atoms with Crippen LogP contribution < -0.4 is 10.1 Å². The molecule has 0 aliphatic heterocycles. The van der Waals surface area contributed by atoms with Crippen molar-refractivity contribution in [3.8, 4) is 5.75 Å². The molecule has 0 aliphatic carbocycles. The zero-order valence-corrected chi connectivity index (χ0v) is 18.5. The molecule has 2 aromatic carbocycles. The number of carbonyl (C=O) groups excluding carboxylic acids is 1. The maximum absolute atomic E-state index is 12.6. The van der Waals surface area contributed by atoms with Crippen molar-refractivity contribution in [1.29, 1.82) is 0 Å². The number of sulfonamides is 1. The van der Waals surface area contributed by atoms with E-state index in [2.05, 4.69) is 10.3 Å². The molecule has 0 radical (unpaired) electrons. The first-order valence-electron chi connectivity index (χ1n) is 8.86. The Morgan fingerprint density at radius 1 is 1.17 bits per heavy atom. The summed E-state index contributed by atoms with van der Waals surface area (Å²) in [5.74, 6) is 0.165.